The van der Waals surface area contributed by atoms with Crippen molar-refractivity contribution >= 4 is 11.6 Å². The van der Waals surface area contributed by atoms with E-state index in [1.165, 1.54) is 0 Å². The third-order valence-electron chi connectivity index (χ3n) is 2.71. The van der Waals surface area contributed by atoms with Crippen LogP contribution >= 0.6 is 11.6 Å². The lowest BCUT2D eigenvalue weighted by molar-refractivity contribution is 0.148. The zero-order valence-corrected chi connectivity index (χ0v) is 11.3. The summed E-state index contributed by atoms with van der Waals surface area (Å²) < 4.78 is 6.12. The van der Waals surface area contributed by atoms with Crippen LogP contribution in [0, 0.1) is 0 Å². The van der Waals surface area contributed by atoms with Crippen molar-refractivity contribution in [3.8, 4) is 0 Å². The Bertz CT molecular complexity index is 589. The third-order valence-corrected chi connectivity index (χ3v) is 2.96. The monoisotopic (exact) mass is 282 g/mol. The Morgan fingerprint density at radius 2 is 2.11 bits per heavy atom. The minimum absolute atomic E-state index is 0.0632. The van der Waals surface area contributed by atoms with Crippen LogP contribution in [0.3, 0.4) is 0 Å². The maximum atomic E-state index is 11.5. The van der Waals surface area contributed by atoms with Crippen molar-refractivity contribution in [3.63, 3.8) is 0 Å². The van der Waals surface area contributed by atoms with E-state index < -0.39 is 11.9 Å². The van der Waals surface area contributed by atoms with Gasteiger partial charge in [-0.3, -0.25) is 0 Å². The molecule has 1 heterocycles. The van der Waals surface area contributed by atoms with Gasteiger partial charge in [0.15, 0.2) is 0 Å². The van der Waals surface area contributed by atoms with Gasteiger partial charge >= 0.3 is 5.76 Å². The minimum Gasteiger partial charge on any atom is -0.392 e. The molecule has 1 N–H and O–H groups in total. The molecule has 0 aliphatic heterocycles. The molecule has 1 unspecified atom stereocenters. The SMILES string of the molecule is CCCc1nn(CC(O)c2ccc(Cl)cc2)c(=O)o1. The standard InChI is InChI=1S/C13H15ClN2O3/c1-2-3-12-15-16(13(18)19-12)8-11(17)9-4-6-10(14)7-5-9/h4-7,11,17H,2-3,8H2,1H3. The second kappa shape index (κ2) is 6.04. The van der Waals surface area contributed by atoms with Gasteiger partial charge in [-0.15, -0.1) is 5.10 Å². The summed E-state index contributed by atoms with van der Waals surface area (Å²) in [6.45, 7) is 2.04. The lowest BCUT2D eigenvalue weighted by Crippen LogP contribution is -2.20. The first-order valence-corrected chi connectivity index (χ1v) is 6.48. The van der Waals surface area contributed by atoms with Gasteiger partial charge in [-0.25, -0.2) is 4.79 Å². The van der Waals surface area contributed by atoms with Crippen LogP contribution in [-0.2, 0) is 13.0 Å². The van der Waals surface area contributed by atoms with Gasteiger partial charge in [-0.1, -0.05) is 30.7 Å². The van der Waals surface area contributed by atoms with E-state index in [4.69, 9.17) is 16.0 Å². The number of hydrogen-bond donors (Lipinski definition) is 1. The maximum Gasteiger partial charge on any atom is 0.437 e. The van der Waals surface area contributed by atoms with E-state index in [9.17, 15) is 9.90 Å². The highest BCUT2D eigenvalue weighted by Gasteiger charge is 2.13. The average Bonchev–Trinajstić information content (AvgIpc) is 2.71. The molecule has 6 heteroatoms. The summed E-state index contributed by atoms with van der Waals surface area (Å²) >= 11 is 5.78. The lowest BCUT2D eigenvalue weighted by Gasteiger charge is -2.09. The summed E-state index contributed by atoms with van der Waals surface area (Å²) in [6, 6.07) is 6.80. The van der Waals surface area contributed by atoms with Crippen LogP contribution < -0.4 is 5.76 Å². The summed E-state index contributed by atoms with van der Waals surface area (Å²) in [4.78, 5) is 11.5. The van der Waals surface area contributed by atoms with E-state index in [0.29, 0.717) is 22.9 Å². The Kier molecular flexibility index (Phi) is 4.39. The number of aromatic nitrogens is 2. The number of aliphatic hydroxyl groups excluding tert-OH is 1. The molecule has 0 saturated heterocycles. The van der Waals surface area contributed by atoms with Crippen molar-refractivity contribution in [2.75, 3.05) is 0 Å². The van der Waals surface area contributed by atoms with Gasteiger partial charge < -0.3 is 9.52 Å². The molecule has 5 nitrogen and oxygen atoms in total. The molecular formula is C13H15ClN2O3. The van der Waals surface area contributed by atoms with Gasteiger partial charge in [0.05, 0.1) is 12.6 Å². The predicted octanol–water partition coefficient (Wildman–Crippen LogP) is 2.18. The van der Waals surface area contributed by atoms with E-state index in [2.05, 4.69) is 5.10 Å². The topological polar surface area (TPSA) is 68.3 Å². The van der Waals surface area contributed by atoms with Crippen LogP contribution in [0.5, 0.6) is 0 Å². The average molecular weight is 283 g/mol. The number of aryl methyl sites for hydroxylation is 1. The van der Waals surface area contributed by atoms with Crippen LogP contribution in [0.25, 0.3) is 0 Å². The number of nitrogens with zero attached hydrogens (tertiary/aromatic N) is 2. The van der Waals surface area contributed by atoms with Gasteiger partial charge in [0.25, 0.3) is 0 Å². The van der Waals surface area contributed by atoms with Crippen molar-refractivity contribution in [1.82, 2.24) is 9.78 Å². The second-order valence-corrected chi connectivity index (χ2v) is 4.70. The molecule has 0 aliphatic carbocycles. The smallest absolute Gasteiger partial charge is 0.392 e. The van der Waals surface area contributed by atoms with Gasteiger partial charge in [-0.05, 0) is 24.1 Å². The first kappa shape index (κ1) is 13.8. The van der Waals surface area contributed by atoms with Crippen LogP contribution in [-0.4, -0.2) is 14.9 Å². The number of benzene rings is 1. The molecule has 2 rings (SSSR count). The summed E-state index contributed by atoms with van der Waals surface area (Å²) in [5.74, 6) is -0.146. The largest absolute Gasteiger partial charge is 0.437 e. The molecule has 0 bridgehead atoms. The van der Waals surface area contributed by atoms with E-state index in [-0.39, 0.29) is 6.54 Å². The molecule has 0 fully saturated rings. The predicted molar refractivity (Wildman–Crippen MR) is 71.2 cm³/mol. The fraction of sp³-hybridized carbons (Fsp3) is 0.385. The number of aliphatic hydroxyl groups is 1. The molecule has 0 amide bonds. The van der Waals surface area contributed by atoms with Crippen molar-refractivity contribution < 1.29 is 9.52 Å². The number of halogens is 1. The highest BCUT2D eigenvalue weighted by molar-refractivity contribution is 6.30. The normalized spacial score (nSPS) is 12.6. The lowest BCUT2D eigenvalue weighted by atomic mass is 10.1. The van der Waals surface area contributed by atoms with Crippen molar-refractivity contribution in [2.45, 2.75) is 32.4 Å². The van der Waals surface area contributed by atoms with E-state index >= 15 is 0 Å². The van der Waals surface area contributed by atoms with Crippen LogP contribution in [0.1, 0.15) is 30.9 Å². The second-order valence-electron chi connectivity index (χ2n) is 4.26. The molecule has 1 aromatic carbocycles. The van der Waals surface area contributed by atoms with Crippen molar-refractivity contribution in [2.24, 2.45) is 0 Å². The van der Waals surface area contributed by atoms with Crippen LogP contribution in [0.2, 0.25) is 5.02 Å². The van der Waals surface area contributed by atoms with Crippen LogP contribution in [0.15, 0.2) is 33.5 Å². The third kappa shape index (κ3) is 3.45. The first-order valence-electron chi connectivity index (χ1n) is 6.10. The zero-order valence-electron chi connectivity index (χ0n) is 10.5. The summed E-state index contributed by atoms with van der Waals surface area (Å²) in [5, 5.41) is 14.7. The van der Waals surface area contributed by atoms with Gasteiger partial charge in [0, 0.05) is 11.4 Å². The van der Waals surface area contributed by atoms with Crippen LogP contribution in [0.4, 0.5) is 0 Å². The highest BCUT2D eigenvalue weighted by Crippen LogP contribution is 2.17. The molecule has 0 saturated carbocycles. The van der Waals surface area contributed by atoms with E-state index in [1.807, 2.05) is 6.92 Å². The fourth-order valence-electron chi connectivity index (χ4n) is 1.73. The summed E-state index contributed by atoms with van der Waals surface area (Å²) in [5.41, 5.74) is 0.677. The number of hydrogen-bond acceptors (Lipinski definition) is 4. The van der Waals surface area contributed by atoms with Crippen molar-refractivity contribution in [1.29, 1.82) is 0 Å². The molecule has 1 aromatic heterocycles. The van der Waals surface area contributed by atoms with Gasteiger partial charge in [0.1, 0.15) is 0 Å². The van der Waals surface area contributed by atoms with E-state index in [0.717, 1.165) is 11.1 Å². The molecule has 0 aliphatic rings. The Balaban J connectivity index is 2.12. The van der Waals surface area contributed by atoms with Gasteiger partial charge in [0.2, 0.25) is 5.89 Å². The Labute approximate surface area is 115 Å². The van der Waals surface area contributed by atoms with E-state index in [1.54, 1.807) is 24.3 Å². The van der Waals surface area contributed by atoms with Gasteiger partial charge in [-0.2, -0.15) is 4.68 Å². The quantitative estimate of drug-likeness (QED) is 0.912. The van der Waals surface area contributed by atoms with Crippen molar-refractivity contribution in [3.05, 3.63) is 51.3 Å². The molecule has 0 radical (unpaired) electrons. The number of rotatable bonds is 5. The molecule has 2 aromatic rings. The highest BCUT2D eigenvalue weighted by atomic mass is 35.5. The summed E-state index contributed by atoms with van der Waals surface area (Å²) in [6.07, 6.45) is 0.633. The molecule has 19 heavy (non-hydrogen) atoms. The fourth-order valence-corrected chi connectivity index (χ4v) is 1.86. The first-order chi connectivity index (χ1) is 9.10. The molecular weight excluding hydrogens is 268 g/mol. The molecule has 102 valence electrons. The maximum absolute atomic E-state index is 11.5. The zero-order chi connectivity index (χ0) is 13.8. The molecule has 0 spiro atoms. The summed E-state index contributed by atoms with van der Waals surface area (Å²) in [7, 11) is 0. The Morgan fingerprint density at radius 3 is 2.74 bits per heavy atom. The Morgan fingerprint density at radius 1 is 1.42 bits per heavy atom. The minimum atomic E-state index is -0.824. The molecule has 1 atom stereocenters. The Hall–Kier alpha value is -1.59.